The molecule has 0 bridgehead atoms. The Hall–Kier alpha value is -7.32. The molecule has 0 radical (unpaired) electrons. The van der Waals surface area contributed by atoms with Crippen LogP contribution < -0.4 is 9.47 Å². The van der Waals surface area contributed by atoms with Crippen LogP contribution in [-0.2, 0) is 0 Å². The van der Waals surface area contributed by atoms with Gasteiger partial charge in [0.25, 0.3) is 0 Å². The Kier molecular flexibility index (Phi) is 8.03. The van der Waals surface area contributed by atoms with E-state index >= 15 is 0 Å². The number of fused-ring (bicyclic) bond motifs is 6. The van der Waals surface area contributed by atoms with Gasteiger partial charge in [-0.15, -0.1) is 0 Å². The minimum Gasteiger partial charge on any atom is -0.457 e. The lowest BCUT2D eigenvalue weighted by Gasteiger charge is -2.13. The first kappa shape index (κ1) is 33.3. The molecule has 0 atom stereocenters. The smallest absolute Gasteiger partial charge is 0.159 e. The Morgan fingerprint density at radius 2 is 0.982 bits per heavy atom. The van der Waals surface area contributed by atoms with Gasteiger partial charge in [-0.05, 0) is 103 Å². The fourth-order valence-corrected chi connectivity index (χ4v) is 7.62. The number of hydrogen-bond acceptors (Lipinski definition) is 6. The third-order valence-electron chi connectivity index (χ3n) is 10.3. The molecule has 5 heterocycles. The van der Waals surface area contributed by atoms with Crippen LogP contribution in [0.4, 0.5) is 0 Å². The Bertz CT molecular complexity index is 3090. The van der Waals surface area contributed by atoms with Crippen molar-refractivity contribution >= 4 is 43.6 Å². The molecule has 0 aliphatic heterocycles. The molecule has 0 aliphatic carbocycles. The van der Waals surface area contributed by atoms with Gasteiger partial charge < -0.3 is 9.47 Å². The van der Waals surface area contributed by atoms with Crippen LogP contribution in [0, 0.1) is 6.92 Å². The number of rotatable bonds is 8. The van der Waals surface area contributed by atoms with Gasteiger partial charge in [-0.3, -0.25) is 9.13 Å². The predicted molar refractivity (Wildman–Crippen MR) is 224 cm³/mol. The lowest BCUT2D eigenvalue weighted by Crippen LogP contribution is -1.99. The average molecular weight is 729 g/mol. The van der Waals surface area contributed by atoms with E-state index in [0.717, 1.165) is 66.4 Å². The molecule has 5 aromatic carbocycles. The molecule has 10 rings (SSSR count). The van der Waals surface area contributed by atoms with Crippen molar-refractivity contribution in [2.24, 2.45) is 0 Å². The zero-order chi connectivity index (χ0) is 37.8. The number of hydrogen-bond donors (Lipinski definition) is 0. The van der Waals surface area contributed by atoms with Crippen molar-refractivity contribution in [1.29, 1.82) is 0 Å². The van der Waals surface area contributed by atoms with Crippen LogP contribution in [0.15, 0.2) is 158 Å². The molecule has 0 unspecified atom stereocenters. The molecule has 56 heavy (non-hydrogen) atoms. The number of pyridine rings is 2. The molecule has 270 valence electrons. The van der Waals surface area contributed by atoms with Gasteiger partial charge in [-0.25, -0.2) is 19.9 Å². The second kappa shape index (κ2) is 13.5. The molecule has 0 saturated carbocycles. The molecule has 0 aliphatic rings. The summed E-state index contributed by atoms with van der Waals surface area (Å²) >= 11 is 0. The largest absolute Gasteiger partial charge is 0.457 e. The Balaban J connectivity index is 1.07. The summed E-state index contributed by atoms with van der Waals surface area (Å²) in [6.07, 6.45) is 7.21. The molecule has 5 aromatic heterocycles. The normalized spacial score (nSPS) is 11.6. The van der Waals surface area contributed by atoms with E-state index in [1.54, 1.807) is 18.5 Å². The Morgan fingerprint density at radius 1 is 0.446 bits per heavy atom. The van der Waals surface area contributed by atoms with Crippen molar-refractivity contribution in [2.75, 3.05) is 0 Å². The van der Waals surface area contributed by atoms with Gasteiger partial charge in [0.1, 0.15) is 34.6 Å². The predicted octanol–water partition coefficient (Wildman–Crippen LogP) is 12.1. The van der Waals surface area contributed by atoms with Gasteiger partial charge in [-0.1, -0.05) is 50.2 Å². The summed E-state index contributed by atoms with van der Waals surface area (Å²) in [6.45, 7) is 6.48. The van der Waals surface area contributed by atoms with E-state index in [0.29, 0.717) is 34.7 Å². The maximum Gasteiger partial charge on any atom is 0.159 e. The molecule has 0 saturated heterocycles. The van der Waals surface area contributed by atoms with Crippen LogP contribution in [0.25, 0.3) is 66.6 Å². The minimum absolute atomic E-state index is 0.373. The highest BCUT2D eigenvalue weighted by atomic mass is 16.5. The van der Waals surface area contributed by atoms with Crippen molar-refractivity contribution in [3.05, 3.63) is 169 Å². The minimum atomic E-state index is 0.373. The molecule has 0 fully saturated rings. The fraction of sp³-hybridized carbons (Fsp3) is 0.0833. The number of aromatic nitrogens is 6. The SMILES string of the molecule is Cc1ccnc(-n2c3ccccc3c3ccc(Oc4cc(Oc5ccc6c7ccccc7n(-c7cc(C(C)C)ccn7)c6c5)cc(-c5ncccn5)c4)cc32)c1. The highest BCUT2D eigenvalue weighted by molar-refractivity contribution is 6.10. The quantitative estimate of drug-likeness (QED) is 0.155. The highest BCUT2D eigenvalue weighted by Gasteiger charge is 2.18. The van der Waals surface area contributed by atoms with E-state index in [1.165, 1.54) is 5.56 Å². The molecule has 8 nitrogen and oxygen atoms in total. The number of aryl methyl sites for hydroxylation is 1. The van der Waals surface area contributed by atoms with Crippen LogP contribution in [0.1, 0.15) is 30.9 Å². The van der Waals surface area contributed by atoms with E-state index in [-0.39, 0.29) is 0 Å². The van der Waals surface area contributed by atoms with Gasteiger partial charge in [0.2, 0.25) is 0 Å². The summed E-state index contributed by atoms with van der Waals surface area (Å²) in [7, 11) is 0. The molecule has 10 aromatic rings. The maximum absolute atomic E-state index is 6.69. The number of ether oxygens (including phenoxy) is 2. The average Bonchev–Trinajstić information content (AvgIpc) is 3.73. The van der Waals surface area contributed by atoms with E-state index in [4.69, 9.17) is 19.4 Å². The summed E-state index contributed by atoms with van der Waals surface area (Å²) in [5.41, 5.74) is 7.30. The third-order valence-corrected chi connectivity index (χ3v) is 10.3. The highest BCUT2D eigenvalue weighted by Crippen LogP contribution is 2.39. The van der Waals surface area contributed by atoms with E-state index in [9.17, 15) is 0 Å². The van der Waals surface area contributed by atoms with Crippen LogP contribution >= 0.6 is 0 Å². The van der Waals surface area contributed by atoms with E-state index in [2.05, 4.69) is 131 Å². The maximum atomic E-state index is 6.69. The molecule has 8 heteroatoms. The molecule has 0 amide bonds. The van der Waals surface area contributed by atoms with Crippen LogP contribution in [-0.4, -0.2) is 29.1 Å². The topological polar surface area (TPSA) is 79.9 Å². The van der Waals surface area contributed by atoms with E-state index in [1.807, 2.05) is 48.8 Å². The molecular weight excluding hydrogens is 693 g/mol. The van der Waals surface area contributed by atoms with Crippen molar-refractivity contribution < 1.29 is 9.47 Å². The lowest BCUT2D eigenvalue weighted by molar-refractivity contribution is 0.461. The molecule has 0 N–H and O–H groups in total. The Morgan fingerprint density at radius 3 is 1.55 bits per heavy atom. The number of benzene rings is 5. The summed E-state index contributed by atoms with van der Waals surface area (Å²) in [5.74, 6) is 5.19. The first-order valence-corrected chi connectivity index (χ1v) is 18.7. The lowest BCUT2D eigenvalue weighted by atomic mass is 10.1. The first-order chi connectivity index (χ1) is 27.5. The summed E-state index contributed by atoms with van der Waals surface area (Å²) in [5, 5.41) is 4.54. The van der Waals surface area contributed by atoms with Gasteiger partial charge in [-0.2, -0.15) is 0 Å². The number of para-hydroxylation sites is 2. The third kappa shape index (κ3) is 5.88. The van der Waals surface area contributed by atoms with Crippen molar-refractivity contribution in [2.45, 2.75) is 26.7 Å². The van der Waals surface area contributed by atoms with Gasteiger partial charge >= 0.3 is 0 Å². The first-order valence-electron chi connectivity index (χ1n) is 18.7. The summed E-state index contributed by atoms with van der Waals surface area (Å²) in [4.78, 5) is 18.7. The van der Waals surface area contributed by atoms with Crippen molar-refractivity contribution in [3.63, 3.8) is 0 Å². The molecule has 0 spiro atoms. The van der Waals surface area contributed by atoms with Gasteiger partial charge in [0.05, 0.1) is 22.1 Å². The summed E-state index contributed by atoms with van der Waals surface area (Å²) in [6, 6.07) is 45.2. The van der Waals surface area contributed by atoms with Crippen molar-refractivity contribution in [1.82, 2.24) is 29.1 Å². The summed E-state index contributed by atoms with van der Waals surface area (Å²) < 4.78 is 17.8. The van der Waals surface area contributed by atoms with Crippen molar-refractivity contribution in [3.8, 4) is 46.0 Å². The van der Waals surface area contributed by atoms with Crippen LogP contribution in [0.3, 0.4) is 0 Å². The second-order valence-electron chi connectivity index (χ2n) is 14.3. The van der Waals surface area contributed by atoms with Crippen LogP contribution in [0.2, 0.25) is 0 Å². The van der Waals surface area contributed by atoms with Gasteiger partial charge in [0, 0.05) is 70.1 Å². The zero-order valence-electron chi connectivity index (χ0n) is 31.1. The standard InChI is InChI=1S/C48H36N6O2/c1-30(2)32-18-22-50-47(26-32)54-43-12-7-5-10-39(43)41-16-14-35(29-45(41)54)56-37-25-33(48-51-19-8-20-52-48)24-36(27-37)55-34-13-15-40-38-9-4-6-11-42(38)53(44(40)28-34)46-23-31(3)17-21-49-46/h4-30H,1-3H3. The number of nitrogens with zero attached hydrogens (tertiary/aromatic N) is 6. The molecular formula is C48H36N6O2. The van der Waals surface area contributed by atoms with E-state index < -0.39 is 0 Å². The monoisotopic (exact) mass is 728 g/mol. The zero-order valence-corrected chi connectivity index (χ0v) is 31.1. The second-order valence-corrected chi connectivity index (χ2v) is 14.3. The van der Waals surface area contributed by atoms with Gasteiger partial charge in [0.15, 0.2) is 5.82 Å². The fourth-order valence-electron chi connectivity index (χ4n) is 7.62. The van der Waals surface area contributed by atoms with Crippen LogP contribution in [0.5, 0.6) is 23.0 Å². The Labute approximate surface area is 323 Å².